The summed E-state index contributed by atoms with van der Waals surface area (Å²) >= 11 is 0. The van der Waals surface area contributed by atoms with Crippen LogP contribution in [0.3, 0.4) is 0 Å². The van der Waals surface area contributed by atoms with E-state index in [9.17, 15) is 4.79 Å². The van der Waals surface area contributed by atoms with E-state index < -0.39 is 5.97 Å². The Hall–Kier alpha value is -0.375. The van der Waals surface area contributed by atoms with Crippen LogP contribution in [0, 0.1) is 27.7 Å². The first kappa shape index (κ1) is 13.6. The second-order valence-corrected chi connectivity index (χ2v) is 3.42. The van der Waals surface area contributed by atoms with Crippen molar-refractivity contribution < 1.29 is 37.6 Å². The van der Waals surface area contributed by atoms with Gasteiger partial charge in [-0.05, 0) is 56.0 Å². The molecule has 1 N–H and O–H groups in total. The largest absolute Gasteiger partial charge is 0.478 e. The Kier molecular flexibility index (Phi) is 4.79. The first-order valence-electron chi connectivity index (χ1n) is 4.26. The molecule has 14 heavy (non-hydrogen) atoms. The van der Waals surface area contributed by atoms with Crippen LogP contribution >= 0.6 is 0 Å². The van der Waals surface area contributed by atoms with Crippen LogP contribution in [0.4, 0.5) is 0 Å². The van der Waals surface area contributed by atoms with E-state index in [-0.39, 0.29) is 27.7 Å². The summed E-state index contributed by atoms with van der Waals surface area (Å²) in [5, 5.41) is 8.91. The Balaban J connectivity index is 0.00000169. The van der Waals surface area contributed by atoms with Gasteiger partial charge in [0, 0.05) is 27.7 Å². The molecule has 0 spiro atoms. The minimum atomic E-state index is -0.844. The van der Waals surface area contributed by atoms with Gasteiger partial charge < -0.3 is 5.11 Å². The number of aromatic carboxylic acids is 1. The van der Waals surface area contributed by atoms with Crippen molar-refractivity contribution in [1.82, 2.24) is 0 Å². The number of hydrogen-bond acceptors (Lipinski definition) is 1. The van der Waals surface area contributed by atoms with Crippen molar-refractivity contribution in [3.8, 4) is 0 Å². The molecular formula is C11H14HgO2. The van der Waals surface area contributed by atoms with Crippen LogP contribution in [0.2, 0.25) is 0 Å². The fraction of sp³-hybridized carbons (Fsp3) is 0.364. The molecule has 2 nitrogen and oxygen atoms in total. The molecule has 0 aromatic heterocycles. The van der Waals surface area contributed by atoms with Crippen LogP contribution in [0.15, 0.2) is 6.07 Å². The van der Waals surface area contributed by atoms with Gasteiger partial charge in [-0.25, -0.2) is 4.79 Å². The molecule has 0 heterocycles. The summed E-state index contributed by atoms with van der Waals surface area (Å²) in [5.41, 5.74) is 4.59. The minimum absolute atomic E-state index is 0. The molecule has 0 amide bonds. The zero-order chi connectivity index (χ0) is 10.2. The standard InChI is InChI=1S/C11H14O2.Hg/c1-6-5-10(11(12)13)9(4)8(3)7(6)2;/h5H,1-4H3,(H,12,13);. The quantitative estimate of drug-likeness (QED) is 0.763. The second kappa shape index (κ2) is 4.92. The van der Waals surface area contributed by atoms with Crippen LogP contribution in [0.5, 0.6) is 0 Å². The van der Waals surface area contributed by atoms with E-state index in [0.29, 0.717) is 5.56 Å². The average Bonchev–Trinajstić information content (AvgIpc) is 2.07. The summed E-state index contributed by atoms with van der Waals surface area (Å²) in [4.78, 5) is 10.8. The summed E-state index contributed by atoms with van der Waals surface area (Å²) in [6, 6.07) is 1.74. The normalized spacial score (nSPS) is 9.43. The third-order valence-electron chi connectivity index (χ3n) is 2.71. The summed E-state index contributed by atoms with van der Waals surface area (Å²) in [6.07, 6.45) is 0. The molecule has 1 aromatic rings. The van der Waals surface area contributed by atoms with E-state index >= 15 is 0 Å². The van der Waals surface area contributed by atoms with E-state index in [4.69, 9.17) is 5.11 Å². The Morgan fingerprint density at radius 3 is 2.00 bits per heavy atom. The predicted octanol–water partition coefficient (Wildman–Crippen LogP) is 2.62. The predicted molar refractivity (Wildman–Crippen MR) is 52.3 cm³/mol. The molecule has 0 saturated heterocycles. The number of benzene rings is 1. The number of hydrogen-bond donors (Lipinski definition) is 1. The van der Waals surface area contributed by atoms with Crippen molar-refractivity contribution in [1.29, 1.82) is 0 Å². The Morgan fingerprint density at radius 1 is 1.07 bits per heavy atom. The minimum Gasteiger partial charge on any atom is -0.478 e. The first-order chi connectivity index (χ1) is 5.95. The van der Waals surface area contributed by atoms with Gasteiger partial charge in [0.1, 0.15) is 0 Å². The van der Waals surface area contributed by atoms with Crippen molar-refractivity contribution in [2.75, 3.05) is 0 Å². The number of aryl methyl sites for hydroxylation is 1. The number of rotatable bonds is 1. The van der Waals surface area contributed by atoms with Gasteiger partial charge in [-0.2, -0.15) is 0 Å². The molecule has 0 aliphatic rings. The molecule has 3 heteroatoms. The fourth-order valence-electron chi connectivity index (χ4n) is 1.43. The third kappa shape index (κ3) is 2.35. The number of carbonyl (C=O) groups is 1. The van der Waals surface area contributed by atoms with Crippen LogP contribution in [-0.4, -0.2) is 11.1 Å². The van der Waals surface area contributed by atoms with E-state index in [2.05, 4.69) is 0 Å². The summed E-state index contributed by atoms with van der Waals surface area (Å²) in [5.74, 6) is -0.844. The maximum atomic E-state index is 10.8. The van der Waals surface area contributed by atoms with Gasteiger partial charge >= 0.3 is 5.97 Å². The van der Waals surface area contributed by atoms with Crippen molar-refractivity contribution in [2.24, 2.45) is 0 Å². The third-order valence-corrected chi connectivity index (χ3v) is 2.71. The average molecular weight is 379 g/mol. The topological polar surface area (TPSA) is 37.3 Å². The molecule has 72 valence electrons. The van der Waals surface area contributed by atoms with Gasteiger partial charge in [0.15, 0.2) is 0 Å². The Bertz CT molecular complexity index is 370. The van der Waals surface area contributed by atoms with Crippen molar-refractivity contribution in [3.63, 3.8) is 0 Å². The summed E-state index contributed by atoms with van der Waals surface area (Å²) in [6.45, 7) is 7.77. The van der Waals surface area contributed by atoms with Crippen LogP contribution in [0.25, 0.3) is 0 Å². The molecule has 0 aliphatic carbocycles. The van der Waals surface area contributed by atoms with E-state index in [1.54, 1.807) is 6.07 Å². The van der Waals surface area contributed by atoms with E-state index in [1.807, 2.05) is 27.7 Å². The van der Waals surface area contributed by atoms with Gasteiger partial charge in [-0.3, -0.25) is 0 Å². The van der Waals surface area contributed by atoms with Gasteiger partial charge in [0.25, 0.3) is 0 Å². The molecule has 0 atom stereocenters. The SMILES string of the molecule is Cc1cc(C(=O)O)c(C)c(C)c1C.[Hg]. The van der Waals surface area contributed by atoms with Crippen molar-refractivity contribution >= 4 is 5.97 Å². The van der Waals surface area contributed by atoms with Crippen LogP contribution in [-0.2, 0) is 27.7 Å². The smallest absolute Gasteiger partial charge is 0.335 e. The molecule has 1 aromatic carbocycles. The van der Waals surface area contributed by atoms with Gasteiger partial charge in [-0.1, -0.05) is 0 Å². The van der Waals surface area contributed by atoms with E-state index in [1.165, 1.54) is 5.56 Å². The van der Waals surface area contributed by atoms with Crippen LogP contribution < -0.4 is 0 Å². The fourth-order valence-corrected chi connectivity index (χ4v) is 1.43. The second-order valence-electron chi connectivity index (χ2n) is 3.42. The Morgan fingerprint density at radius 2 is 1.57 bits per heavy atom. The maximum Gasteiger partial charge on any atom is 0.335 e. The van der Waals surface area contributed by atoms with Crippen molar-refractivity contribution in [3.05, 3.63) is 33.9 Å². The maximum absolute atomic E-state index is 10.8. The van der Waals surface area contributed by atoms with Gasteiger partial charge in [0.05, 0.1) is 5.56 Å². The summed E-state index contributed by atoms with van der Waals surface area (Å²) < 4.78 is 0. The van der Waals surface area contributed by atoms with E-state index in [0.717, 1.165) is 16.7 Å². The molecule has 1 rings (SSSR count). The molecule has 0 fully saturated rings. The number of carboxylic acids is 1. The van der Waals surface area contributed by atoms with Crippen molar-refractivity contribution in [2.45, 2.75) is 27.7 Å². The molecule has 0 radical (unpaired) electrons. The van der Waals surface area contributed by atoms with Crippen LogP contribution in [0.1, 0.15) is 32.6 Å². The Labute approximate surface area is 105 Å². The number of carboxylic acid groups (broad SMARTS) is 1. The summed E-state index contributed by atoms with van der Waals surface area (Å²) in [7, 11) is 0. The van der Waals surface area contributed by atoms with Gasteiger partial charge in [0.2, 0.25) is 0 Å². The molecular weight excluding hydrogens is 365 g/mol. The zero-order valence-corrected chi connectivity index (χ0v) is 14.6. The monoisotopic (exact) mass is 380 g/mol. The molecule has 0 bridgehead atoms. The molecule has 0 saturated carbocycles. The molecule has 0 aliphatic heterocycles. The first-order valence-corrected chi connectivity index (χ1v) is 4.26. The zero-order valence-electron chi connectivity index (χ0n) is 9.14. The molecule has 0 unspecified atom stereocenters. The van der Waals surface area contributed by atoms with Gasteiger partial charge in [-0.15, -0.1) is 0 Å².